The Kier molecular flexibility index (Phi) is 6.37. The molecule has 0 saturated heterocycles. The van der Waals surface area contributed by atoms with Gasteiger partial charge >= 0.3 is 0 Å². The lowest BCUT2D eigenvalue weighted by atomic mass is 9.96. The number of benzene rings is 2. The van der Waals surface area contributed by atoms with Crippen molar-refractivity contribution in [1.29, 1.82) is 15.8 Å². The number of thiophene rings is 1. The quantitative estimate of drug-likeness (QED) is 0.279. The number of nitrogens with one attached hydrogen (secondary N) is 1. The summed E-state index contributed by atoms with van der Waals surface area (Å²) in [6, 6.07) is 21.7. The smallest absolute Gasteiger partial charge is 0.266 e. The summed E-state index contributed by atoms with van der Waals surface area (Å²) in [6.45, 7) is 0.584. The number of nitrogens with zero attached hydrogens (tertiary/aromatic N) is 4. The normalized spacial score (nSPS) is 12.9. The van der Waals surface area contributed by atoms with Crippen LogP contribution >= 0.6 is 11.3 Å². The van der Waals surface area contributed by atoms with Gasteiger partial charge in [0.05, 0.1) is 17.2 Å². The predicted molar refractivity (Wildman–Crippen MR) is 140 cm³/mol. The molecule has 6 nitrogen and oxygen atoms in total. The number of fused-ring (bicyclic) bond motifs is 2. The van der Waals surface area contributed by atoms with Crippen LogP contribution < -0.4 is 5.32 Å². The van der Waals surface area contributed by atoms with E-state index in [0.717, 1.165) is 58.2 Å². The molecule has 0 saturated carbocycles. The summed E-state index contributed by atoms with van der Waals surface area (Å²) in [4.78, 5) is 14.2. The second kappa shape index (κ2) is 9.92. The minimum atomic E-state index is -0.517. The molecule has 1 amide bonds. The van der Waals surface area contributed by atoms with Crippen molar-refractivity contribution in [3.63, 3.8) is 0 Å². The summed E-state index contributed by atoms with van der Waals surface area (Å²) >= 11 is 1.44. The fourth-order valence-electron chi connectivity index (χ4n) is 4.65. The molecule has 0 fully saturated rings. The lowest BCUT2D eigenvalue weighted by molar-refractivity contribution is -0.112. The van der Waals surface area contributed by atoms with Crippen LogP contribution in [-0.4, -0.2) is 10.5 Å². The van der Waals surface area contributed by atoms with Gasteiger partial charge in [-0.05, 0) is 61.1 Å². The van der Waals surface area contributed by atoms with Gasteiger partial charge in [-0.25, -0.2) is 0 Å². The molecule has 1 aliphatic rings. The maximum atomic E-state index is 13.1. The van der Waals surface area contributed by atoms with Gasteiger partial charge in [0, 0.05) is 34.1 Å². The average Bonchev–Trinajstić information content (AvgIpc) is 3.44. The van der Waals surface area contributed by atoms with E-state index in [1.165, 1.54) is 11.3 Å². The van der Waals surface area contributed by atoms with E-state index in [-0.39, 0.29) is 5.57 Å². The van der Waals surface area contributed by atoms with Gasteiger partial charge in [-0.3, -0.25) is 4.79 Å². The highest BCUT2D eigenvalue weighted by atomic mass is 32.1. The van der Waals surface area contributed by atoms with Crippen LogP contribution in [0.4, 0.5) is 5.00 Å². The van der Waals surface area contributed by atoms with Crippen molar-refractivity contribution in [1.82, 2.24) is 4.57 Å². The lowest BCUT2D eigenvalue weighted by Crippen LogP contribution is -2.13. The second-order valence-electron chi connectivity index (χ2n) is 8.69. The molecular weight excluding hydrogens is 466 g/mol. The Morgan fingerprint density at radius 1 is 1.03 bits per heavy atom. The fourth-order valence-corrected chi connectivity index (χ4v) is 5.88. The molecule has 2 heterocycles. The van der Waals surface area contributed by atoms with Gasteiger partial charge in [-0.1, -0.05) is 30.3 Å². The fraction of sp³-hybridized carbons (Fsp3) is 0.172. The Balaban J connectivity index is 1.46. The third-order valence-corrected chi connectivity index (χ3v) is 7.64. The van der Waals surface area contributed by atoms with Crippen molar-refractivity contribution < 1.29 is 4.79 Å². The molecule has 0 bridgehead atoms. The first kappa shape index (κ1) is 23.1. The van der Waals surface area contributed by atoms with Gasteiger partial charge in [0.2, 0.25) is 0 Å². The molecule has 0 spiro atoms. The Hall–Kier alpha value is -4.64. The summed E-state index contributed by atoms with van der Waals surface area (Å²) in [6.07, 6.45) is 7.43. The minimum Gasteiger partial charge on any atom is -0.342 e. The molecule has 174 valence electrons. The van der Waals surface area contributed by atoms with Crippen molar-refractivity contribution >= 4 is 39.2 Å². The summed E-state index contributed by atoms with van der Waals surface area (Å²) in [5.74, 6) is -0.517. The number of rotatable bonds is 5. The monoisotopic (exact) mass is 487 g/mol. The molecule has 0 aliphatic heterocycles. The molecular formula is C29H21N5OS. The van der Waals surface area contributed by atoms with Crippen LogP contribution in [0.5, 0.6) is 0 Å². The number of anilines is 1. The van der Waals surface area contributed by atoms with E-state index in [9.17, 15) is 15.3 Å². The first-order valence-electron chi connectivity index (χ1n) is 11.7. The SMILES string of the molecule is N#C/C(=C\c1cn(Cc2ccc(C#N)cc2)c2ccccc12)C(=O)Nc1sc2c(c1C#N)CCCC2. The first-order valence-corrected chi connectivity index (χ1v) is 12.5. The van der Waals surface area contributed by atoms with E-state index in [1.54, 1.807) is 18.2 Å². The second-order valence-corrected chi connectivity index (χ2v) is 9.79. The van der Waals surface area contributed by atoms with Crippen LogP contribution in [0.2, 0.25) is 0 Å². The molecule has 2 aromatic carbocycles. The van der Waals surface area contributed by atoms with Gasteiger partial charge in [0.15, 0.2) is 0 Å². The number of aryl methyl sites for hydroxylation is 1. The molecule has 1 aliphatic carbocycles. The highest BCUT2D eigenvalue weighted by molar-refractivity contribution is 7.16. The van der Waals surface area contributed by atoms with Crippen LogP contribution in [0, 0.1) is 34.0 Å². The van der Waals surface area contributed by atoms with Crippen LogP contribution in [0.3, 0.4) is 0 Å². The van der Waals surface area contributed by atoms with E-state index in [1.807, 2.05) is 48.7 Å². The largest absolute Gasteiger partial charge is 0.342 e. The van der Waals surface area contributed by atoms with Crippen molar-refractivity contribution in [3.8, 4) is 18.2 Å². The van der Waals surface area contributed by atoms with Crippen molar-refractivity contribution in [2.24, 2.45) is 0 Å². The molecule has 7 heteroatoms. The molecule has 36 heavy (non-hydrogen) atoms. The molecule has 2 aromatic heterocycles. The topological polar surface area (TPSA) is 105 Å². The average molecular weight is 488 g/mol. The third-order valence-electron chi connectivity index (χ3n) is 6.43. The van der Waals surface area contributed by atoms with Crippen LogP contribution in [0.1, 0.15) is 45.5 Å². The molecule has 5 rings (SSSR count). The Bertz CT molecular complexity index is 1630. The maximum absolute atomic E-state index is 13.1. The van der Waals surface area contributed by atoms with Crippen LogP contribution in [0.15, 0.2) is 60.3 Å². The number of carbonyl (C=O) groups is 1. The van der Waals surface area contributed by atoms with E-state index in [2.05, 4.69) is 22.0 Å². The molecule has 0 unspecified atom stereocenters. The number of amides is 1. The van der Waals surface area contributed by atoms with Crippen molar-refractivity contribution in [2.75, 3.05) is 5.32 Å². The van der Waals surface area contributed by atoms with Crippen LogP contribution in [0.25, 0.3) is 17.0 Å². The lowest BCUT2D eigenvalue weighted by Gasteiger charge is -2.09. The molecule has 1 N–H and O–H groups in total. The van der Waals surface area contributed by atoms with Crippen molar-refractivity contribution in [2.45, 2.75) is 32.2 Å². The zero-order valence-corrected chi connectivity index (χ0v) is 20.2. The number of hydrogen-bond donors (Lipinski definition) is 1. The zero-order valence-electron chi connectivity index (χ0n) is 19.4. The van der Waals surface area contributed by atoms with E-state index in [0.29, 0.717) is 22.7 Å². The van der Waals surface area contributed by atoms with Gasteiger partial charge in [0.1, 0.15) is 22.7 Å². The van der Waals surface area contributed by atoms with Crippen molar-refractivity contribution in [3.05, 3.63) is 93.0 Å². The van der Waals surface area contributed by atoms with Gasteiger partial charge in [-0.2, -0.15) is 15.8 Å². The maximum Gasteiger partial charge on any atom is 0.266 e. The standard InChI is InChI=1S/C29H21N5OS/c30-14-19-9-11-20(12-10-19)17-34-18-22(23-5-1-3-7-26(23)34)13-21(15-31)28(35)33-29-25(16-32)24-6-2-4-8-27(24)36-29/h1,3,5,7,9-13,18H,2,4,6,8,17H2,(H,33,35)/b21-13+. The molecule has 0 atom stereocenters. The van der Waals surface area contributed by atoms with Gasteiger partial charge < -0.3 is 9.88 Å². The van der Waals surface area contributed by atoms with E-state index in [4.69, 9.17) is 5.26 Å². The number of para-hydroxylation sites is 1. The van der Waals surface area contributed by atoms with E-state index < -0.39 is 5.91 Å². The first-order chi connectivity index (χ1) is 17.6. The van der Waals surface area contributed by atoms with Crippen LogP contribution in [-0.2, 0) is 24.2 Å². The third kappa shape index (κ3) is 4.39. The summed E-state index contributed by atoms with van der Waals surface area (Å²) in [7, 11) is 0. The number of nitriles is 3. The summed E-state index contributed by atoms with van der Waals surface area (Å²) < 4.78 is 2.07. The Morgan fingerprint density at radius 3 is 2.56 bits per heavy atom. The molecule has 0 radical (unpaired) electrons. The predicted octanol–water partition coefficient (Wildman–Crippen LogP) is 5.92. The summed E-state index contributed by atoms with van der Waals surface area (Å²) in [5.41, 5.74) is 4.92. The molecule has 4 aromatic rings. The number of hydrogen-bond acceptors (Lipinski definition) is 5. The number of carbonyl (C=O) groups excluding carboxylic acids is 1. The van der Waals surface area contributed by atoms with E-state index >= 15 is 0 Å². The van der Waals surface area contributed by atoms with Gasteiger partial charge in [-0.15, -0.1) is 11.3 Å². The summed E-state index contributed by atoms with van der Waals surface area (Å²) in [5, 5.41) is 32.8. The minimum absolute atomic E-state index is 0.0217. The number of aromatic nitrogens is 1. The Labute approximate surface area is 212 Å². The van der Waals surface area contributed by atoms with Gasteiger partial charge in [0.25, 0.3) is 5.91 Å². The highest BCUT2D eigenvalue weighted by Crippen LogP contribution is 2.38. The zero-order chi connectivity index (χ0) is 25.1. The highest BCUT2D eigenvalue weighted by Gasteiger charge is 2.23. The Morgan fingerprint density at radius 2 is 1.81 bits per heavy atom.